The molecule has 1 saturated carbocycles. The molecule has 2 fully saturated rings. The van der Waals surface area contributed by atoms with Crippen molar-refractivity contribution < 1.29 is 9.53 Å². The van der Waals surface area contributed by atoms with Crippen molar-refractivity contribution in [3.8, 4) is 5.75 Å². The second-order valence-corrected chi connectivity index (χ2v) is 7.09. The SMILES string of the molecule is CCc1cccc(OC2CCN(C(=O)NC3CCCCC3)CC2)c1. The molecule has 1 aliphatic heterocycles. The lowest BCUT2D eigenvalue weighted by Crippen LogP contribution is -2.49. The van der Waals surface area contributed by atoms with Gasteiger partial charge in [-0.2, -0.15) is 0 Å². The molecule has 1 aromatic carbocycles. The molecule has 1 N–H and O–H groups in total. The standard InChI is InChI=1S/C20H30N2O2/c1-2-16-7-6-10-19(15-16)24-18-11-13-22(14-12-18)20(23)21-17-8-4-3-5-9-17/h6-7,10,15,17-18H,2-5,8-9,11-14H2,1H3,(H,21,23). The van der Waals surface area contributed by atoms with E-state index in [0.29, 0.717) is 6.04 Å². The summed E-state index contributed by atoms with van der Waals surface area (Å²) >= 11 is 0. The van der Waals surface area contributed by atoms with Gasteiger partial charge in [0.1, 0.15) is 11.9 Å². The monoisotopic (exact) mass is 330 g/mol. The van der Waals surface area contributed by atoms with Gasteiger partial charge in [-0.1, -0.05) is 38.3 Å². The summed E-state index contributed by atoms with van der Waals surface area (Å²) < 4.78 is 6.12. The number of nitrogens with zero attached hydrogens (tertiary/aromatic N) is 1. The minimum Gasteiger partial charge on any atom is -0.490 e. The zero-order valence-corrected chi connectivity index (χ0v) is 14.8. The van der Waals surface area contributed by atoms with Crippen LogP contribution in [-0.2, 0) is 6.42 Å². The van der Waals surface area contributed by atoms with Crippen molar-refractivity contribution in [1.82, 2.24) is 10.2 Å². The van der Waals surface area contributed by atoms with Crippen LogP contribution in [0.1, 0.15) is 57.4 Å². The average molecular weight is 330 g/mol. The van der Waals surface area contributed by atoms with Crippen molar-refractivity contribution in [1.29, 1.82) is 0 Å². The molecular formula is C20H30N2O2. The number of hydrogen-bond donors (Lipinski definition) is 1. The highest BCUT2D eigenvalue weighted by Crippen LogP contribution is 2.21. The van der Waals surface area contributed by atoms with Crippen molar-refractivity contribution in [3.05, 3.63) is 29.8 Å². The van der Waals surface area contributed by atoms with E-state index in [2.05, 4.69) is 30.4 Å². The predicted octanol–water partition coefficient (Wildman–Crippen LogP) is 4.13. The number of urea groups is 1. The van der Waals surface area contributed by atoms with E-state index < -0.39 is 0 Å². The van der Waals surface area contributed by atoms with Gasteiger partial charge in [0.15, 0.2) is 0 Å². The van der Waals surface area contributed by atoms with Gasteiger partial charge in [-0.25, -0.2) is 4.79 Å². The van der Waals surface area contributed by atoms with E-state index in [-0.39, 0.29) is 12.1 Å². The maximum absolute atomic E-state index is 12.4. The molecule has 0 radical (unpaired) electrons. The molecule has 1 saturated heterocycles. The third kappa shape index (κ3) is 4.65. The lowest BCUT2D eigenvalue weighted by atomic mass is 9.96. The number of ether oxygens (including phenoxy) is 1. The Balaban J connectivity index is 1.44. The molecule has 3 rings (SSSR count). The minimum absolute atomic E-state index is 0.119. The molecule has 2 amide bonds. The first-order valence-corrected chi connectivity index (χ1v) is 9.55. The van der Waals surface area contributed by atoms with Gasteiger partial charge in [0, 0.05) is 32.0 Å². The van der Waals surface area contributed by atoms with Crippen LogP contribution in [0.5, 0.6) is 5.75 Å². The number of amides is 2. The summed E-state index contributed by atoms with van der Waals surface area (Å²) in [5, 5.41) is 3.21. The summed E-state index contributed by atoms with van der Waals surface area (Å²) in [4.78, 5) is 14.3. The highest BCUT2D eigenvalue weighted by Gasteiger charge is 2.25. The molecule has 0 unspecified atom stereocenters. The van der Waals surface area contributed by atoms with Crippen LogP contribution in [0.15, 0.2) is 24.3 Å². The lowest BCUT2D eigenvalue weighted by Gasteiger charge is -2.34. The Morgan fingerprint density at radius 3 is 2.62 bits per heavy atom. The number of hydrogen-bond acceptors (Lipinski definition) is 2. The second-order valence-electron chi connectivity index (χ2n) is 7.09. The van der Waals surface area contributed by atoms with Crippen molar-refractivity contribution >= 4 is 6.03 Å². The molecule has 2 aliphatic rings. The molecule has 0 aromatic heterocycles. The summed E-state index contributed by atoms with van der Waals surface area (Å²) in [6.07, 6.45) is 9.15. The Kier molecular flexibility index (Phi) is 6.00. The van der Waals surface area contributed by atoms with Crippen LogP contribution >= 0.6 is 0 Å². The van der Waals surface area contributed by atoms with Gasteiger partial charge in [-0.15, -0.1) is 0 Å². The largest absolute Gasteiger partial charge is 0.490 e. The van der Waals surface area contributed by atoms with Crippen LogP contribution in [0.4, 0.5) is 4.79 Å². The Hall–Kier alpha value is -1.71. The van der Waals surface area contributed by atoms with E-state index >= 15 is 0 Å². The normalized spacial score (nSPS) is 20.0. The molecule has 1 heterocycles. The van der Waals surface area contributed by atoms with E-state index in [1.54, 1.807) is 0 Å². The van der Waals surface area contributed by atoms with Crippen molar-refractivity contribution in [2.45, 2.75) is 70.4 Å². The Bertz CT molecular complexity index is 532. The number of piperidine rings is 1. The molecule has 1 aliphatic carbocycles. The van der Waals surface area contributed by atoms with E-state index in [0.717, 1.165) is 50.9 Å². The first kappa shape index (κ1) is 17.1. The number of likely N-dealkylation sites (tertiary alicyclic amines) is 1. The van der Waals surface area contributed by atoms with Crippen LogP contribution in [-0.4, -0.2) is 36.2 Å². The zero-order valence-electron chi connectivity index (χ0n) is 14.8. The summed E-state index contributed by atoms with van der Waals surface area (Å²) in [7, 11) is 0. The maximum Gasteiger partial charge on any atom is 0.317 e. The molecule has 24 heavy (non-hydrogen) atoms. The molecule has 0 atom stereocenters. The van der Waals surface area contributed by atoms with E-state index in [9.17, 15) is 4.79 Å². The Morgan fingerprint density at radius 1 is 1.17 bits per heavy atom. The average Bonchev–Trinajstić information content (AvgIpc) is 2.63. The smallest absolute Gasteiger partial charge is 0.317 e. The minimum atomic E-state index is 0.119. The summed E-state index contributed by atoms with van der Waals surface area (Å²) in [6, 6.07) is 8.85. The highest BCUT2D eigenvalue weighted by atomic mass is 16.5. The predicted molar refractivity (Wildman–Crippen MR) is 96.4 cm³/mol. The number of benzene rings is 1. The fraction of sp³-hybridized carbons (Fsp3) is 0.650. The van der Waals surface area contributed by atoms with Gasteiger partial charge in [-0.3, -0.25) is 0 Å². The van der Waals surface area contributed by atoms with Crippen molar-refractivity contribution in [2.24, 2.45) is 0 Å². The molecule has 0 spiro atoms. The molecule has 1 aromatic rings. The summed E-state index contributed by atoms with van der Waals surface area (Å²) in [6.45, 7) is 3.73. The molecule has 4 nitrogen and oxygen atoms in total. The zero-order chi connectivity index (χ0) is 16.8. The first-order valence-electron chi connectivity index (χ1n) is 9.55. The summed E-state index contributed by atoms with van der Waals surface area (Å²) in [5.74, 6) is 0.958. The first-order chi connectivity index (χ1) is 11.7. The van der Waals surface area contributed by atoms with Gasteiger partial charge in [-0.05, 0) is 37.0 Å². The molecule has 4 heteroatoms. The van der Waals surface area contributed by atoms with Gasteiger partial charge < -0.3 is 15.0 Å². The molecule has 0 bridgehead atoms. The van der Waals surface area contributed by atoms with Gasteiger partial charge in [0.25, 0.3) is 0 Å². The van der Waals surface area contributed by atoms with E-state index in [4.69, 9.17) is 4.74 Å². The number of nitrogens with one attached hydrogen (secondary N) is 1. The van der Waals surface area contributed by atoms with Crippen LogP contribution < -0.4 is 10.1 Å². The lowest BCUT2D eigenvalue weighted by molar-refractivity contribution is 0.109. The van der Waals surface area contributed by atoms with Crippen LogP contribution in [0.2, 0.25) is 0 Å². The third-order valence-electron chi connectivity index (χ3n) is 5.27. The second kappa shape index (κ2) is 8.41. The Labute approximate surface area is 145 Å². The van der Waals surface area contributed by atoms with Crippen molar-refractivity contribution in [3.63, 3.8) is 0 Å². The fourth-order valence-electron chi connectivity index (χ4n) is 3.72. The van der Waals surface area contributed by atoms with Gasteiger partial charge in [0.05, 0.1) is 0 Å². The van der Waals surface area contributed by atoms with Crippen molar-refractivity contribution in [2.75, 3.05) is 13.1 Å². The van der Waals surface area contributed by atoms with Gasteiger partial charge in [0.2, 0.25) is 0 Å². The van der Waals surface area contributed by atoms with Crippen LogP contribution in [0.25, 0.3) is 0 Å². The number of carbonyl (C=O) groups is 1. The number of aryl methyl sites for hydroxylation is 1. The summed E-state index contributed by atoms with van der Waals surface area (Å²) in [5.41, 5.74) is 1.30. The highest BCUT2D eigenvalue weighted by molar-refractivity contribution is 5.74. The number of rotatable bonds is 4. The number of carbonyl (C=O) groups excluding carboxylic acids is 1. The fourth-order valence-corrected chi connectivity index (χ4v) is 3.72. The van der Waals surface area contributed by atoms with E-state index in [1.165, 1.54) is 24.8 Å². The maximum atomic E-state index is 12.4. The van der Waals surface area contributed by atoms with Gasteiger partial charge >= 0.3 is 6.03 Å². The quantitative estimate of drug-likeness (QED) is 0.901. The van der Waals surface area contributed by atoms with Crippen LogP contribution in [0, 0.1) is 0 Å². The third-order valence-corrected chi connectivity index (χ3v) is 5.27. The topological polar surface area (TPSA) is 41.6 Å². The van der Waals surface area contributed by atoms with Crippen LogP contribution in [0.3, 0.4) is 0 Å². The Morgan fingerprint density at radius 2 is 1.92 bits per heavy atom. The van der Waals surface area contributed by atoms with E-state index in [1.807, 2.05) is 11.0 Å². The molecule has 132 valence electrons. The molecular weight excluding hydrogens is 300 g/mol.